The fraction of sp³-hybridized carbons (Fsp3) is 0.389. The molecule has 3 atom stereocenters. The van der Waals surface area contributed by atoms with Crippen LogP contribution in [0.25, 0.3) is 0 Å². The number of hydrogen-bond donors (Lipinski definition) is 3. The molecule has 4 N–H and O–H groups in total. The summed E-state index contributed by atoms with van der Waals surface area (Å²) in [7, 11) is 0. The highest BCUT2D eigenvalue weighted by atomic mass is 16.5. The van der Waals surface area contributed by atoms with Gasteiger partial charge in [-0.25, -0.2) is 4.79 Å². The summed E-state index contributed by atoms with van der Waals surface area (Å²) in [4.78, 5) is 28.8. The van der Waals surface area contributed by atoms with Crippen LogP contribution in [0.15, 0.2) is 41.3 Å². The number of anilines is 1. The zero-order valence-corrected chi connectivity index (χ0v) is 14.5. The minimum Gasteiger partial charge on any atom is -0.390 e. The lowest BCUT2D eigenvalue weighted by Crippen LogP contribution is -2.31. The van der Waals surface area contributed by atoms with E-state index in [0.29, 0.717) is 17.5 Å². The second-order valence-electron chi connectivity index (χ2n) is 6.15. The van der Waals surface area contributed by atoms with E-state index < -0.39 is 24.1 Å². The highest BCUT2D eigenvalue weighted by Crippen LogP contribution is 2.27. The molecule has 0 spiro atoms. The van der Waals surface area contributed by atoms with Gasteiger partial charge in [0.1, 0.15) is 12.0 Å². The van der Waals surface area contributed by atoms with Gasteiger partial charge in [-0.2, -0.15) is 4.98 Å². The number of amides is 1. The summed E-state index contributed by atoms with van der Waals surface area (Å²) < 4.78 is 6.98. The summed E-state index contributed by atoms with van der Waals surface area (Å²) >= 11 is 0. The van der Waals surface area contributed by atoms with Crippen LogP contribution in [-0.2, 0) is 11.2 Å². The van der Waals surface area contributed by atoms with E-state index in [9.17, 15) is 14.7 Å². The van der Waals surface area contributed by atoms with Gasteiger partial charge in [-0.15, -0.1) is 0 Å². The van der Waals surface area contributed by atoms with Gasteiger partial charge < -0.3 is 20.9 Å². The van der Waals surface area contributed by atoms with Gasteiger partial charge in [-0.1, -0.05) is 25.1 Å². The fourth-order valence-electron chi connectivity index (χ4n) is 2.95. The molecule has 8 nitrogen and oxygen atoms in total. The molecule has 0 unspecified atom stereocenters. The summed E-state index contributed by atoms with van der Waals surface area (Å²) in [6, 6.07) is 8.71. The molecule has 0 saturated carbocycles. The molecule has 1 fully saturated rings. The SMILES string of the molecule is CCc1cn([C@H]2C[C@H](O)[C@@H](CN)O2)c(=O)nc1NC(=O)c1ccccc1. The highest BCUT2D eigenvalue weighted by molar-refractivity contribution is 6.04. The standard InChI is InChI=1S/C18H22N4O4/c1-2-11-10-22(15-8-13(23)14(9-19)26-15)18(25)21-16(11)20-17(24)12-6-4-3-5-7-12/h3-7,10,13-15,23H,2,8-9,19H2,1H3,(H,20,21,24,25)/t13-,14+,15+/m0/s1. The Balaban J connectivity index is 1.86. The van der Waals surface area contributed by atoms with Crippen molar-refractivity contribution in [1.29, 1.82) is 0 Å². The number of carbonyl (C=O) groups is 1. The number of aliphatic hydroxyl groups is 1. The van der Waals surface area contributed by atoms with Crippen molar-refractivity contribution in [2.75, 3.05) is 11.9 Å². The van der Waals surface area contributed by atoms with E-state index in [-0.39, 0.29) is 24.7 Å². The van der Waals surface area contributed by atoms with Crippen molar-refractivity contribution in [2.45, 2.75) is 38.2 Å². The van der Waals surface area contributed by atoms with Crippen molar-refractivity contribution >= 4 is 11.7 Å². The Morgan fingerprint density at radius 2 is 2.15 bits per heavy atom. The van der Waals surface area contributed by atoms with Crippen molar-refractivity contribution in [3.8, 4) is 0 Å². The molecule has 1 aliphatic rings. The van der Waals surface area contributed by atoms with Gasteiger partial charge in [0.2, 0.25) is 0 Å². The zero-order chi connectivity index (χ0) is 18.7. The Morgan fingerprint density at radius 3 is 2.77 bits per heavy atom. The van der Waals surface area contributed by atoms with E-state index in [2.05, 4.69) is 10.3 Å². The van der Waals surface area contributed by atoms with Crippen LogP contribution in [0.2, 0.25) is 0 Å². The van der Waals surface area contributed by atoms with Gasteiger partial charge in [0, 0.05) is 30.3 Å². The third-order valence-electron chi connectivity index (χ3n) is 4.42. The lowest BCUT2D eigenvalue weighted by Gasteiger charge is -2.17. The van der Waals surface area contributed by atoms with E-state index in [4.69, 9.17) is 10.5 Å². The molecule has 2 aromatic rings. The van der Waals surface area contributed by atoms with Crippen LogP contribution in [0.1, 0.15) is 35.5 Å². The Kier molecular flexibility index (Phi) is 5.46. The lowest BCUT2D eigenvalue weighted by molar-refractivity contribution is -0.0151. The van der Waals surface area contributed by atoms with E-state index in [1.165, 1.54) is 4.57 Å². The first-order chi connectivity index (χ1) is 12.5. The Morgan fingerprint density at radius 1 is 1.42 bits per heavy atom. The maximum Gasteiger partial charge on any atom is 0.351 e. The van der Waals surface area contributed by atoms with Crippen molar-refractivity contribution in [3.63, 3.8) is 0 Å². The molecule has 1 saturated heterocycles. The van der Waals surface area contributed by atoms with Gasteiger partial charge in [-0.3, -0.25) is 9.36 Å². The minimum absolute atomic E-state index is 0.172. The maximum absolute atomic E-state index is 12.4. The molecule has 26 heavy (non-hydrogen) atoms. The van der Waals surface area contributed by atoms with E-state index in [1.54, 1.807) is 30.5 Å². The number of nitrogens with one attached hydrogen (secondary N) is 1. The summed E-state index contributed by atoms with van der Waals surface area (Å²) in [5.74, 6) is -0.0998. The second kappa shape index (κ2) is 7.77. The average molecular weight is 358 g/mol. The molecule has 0 bridgehead atoms. The van der Waals surface area contributed by atoms with Crippen molar-refractivity contribution < 1.29 is 14.6 Å². The second-order valence-corrected chi connectivity index (χ2v) is 6.15. The number of hydrogen-bond acceptors (Lipinski definition) is 6. The number of nitrogens with two attached hydrogens (primary N) is 1. The molecule has 2 heterocycles. The van der Waals surface area contributed by atoms with Gasteiger partial charge in [0.25, 0.3) is 5.91 Å². The summed E-state index contributed by atoms with van der Waals surface area (Å²) in [5.41, 5.74) is 6.18. The topological polar surface area (TPSA) is 119 Å². The van der Waals surface area contributed by atoms with Gasteiger partial charge in [0.15, 0.2) is 0 Å². The molecular formula is C18H22N4O4. The van der Waals surface area contributed by atoms with Crippen molar-refractivity contribution in [2.24, 2.45) is 5.73 Å². The van der Waals surface area contributed by atoms with E-state index >= 15 is 0 Å². The first-order valence-corrected chi connectivity index (χ1v) is 8.55. The quantitative estimate of drug-likeness (QED) is 0.722. The highest BCUT2D eigenvalue weighted by Gasteiger charge is 2.34. The number of aryl methyl sites for hydroxylation is 1. The number of benzene rings is 1. The molecule has 0 aliphatic carbocycles. The molecule has 138 valence electrons. The van der Waals surface area contributed by atoms with Gasteiger partial charge >= 0.3 is 5.69 Å². The lowest BCUT2D eigenvalue weighted by atomic mass is 10.2. The Labute approximate surface area is 150 Å². The smallest absolute Gasteiger partial charge is 0.351 e. The molecule has 1 aliphatic heterocycles. The largest absolute Gasteiger partial charge is 0.390 e. The number of rotatable bonds is 5. The van der Waals surface area contributed by atoms with Gasteiger partial charge in [-0.05, 0) is 18.6 Å². The summed E-state index contributed by atoms with van der Waals surface area (Å²) in [6.45, 7) is 2.07. The zero-order valence-electron chi connectivity index (χ0n) is 14.5. The van der Waals surface area contributed by atoms with Crippen LogP contribution in [0.3, 0.4) is 0 Å². The van der Waals surface area contributed by atoms with E-state index in [0.717, 1.165) is 0 Å². The molecule has 1 aromatic heterocycles. The summed E-state index contributed by atoms with van der Waals surface area (Å²) in [5, 5.41) is 12.6. The van der Waals surface area contributed by atoms with E-state index in [1.807, 2.05) is 13.0 Å². The molecule has 0 radical (unpaired) electrons. The predicted molar refractivity (Wildman–Crippen MR) is 95.9 cm³/mol. The van der Waals surface area contributed by atoms with Crippen LogP contribution in [0.5, 0.6) is 0 Å². The average Bonchev–Trinajstić information content (AvgIpc) is 3.03. The number of carbonyl (C=O) groups excluding carboxylic acids is 1. The Bertz CT molecular complexity index is 837. The van der Waals surface area contributed by atoms with Crippen molar-refractivity contribution in [3.05, 3.63) is 58.1 Å². The first kappa shape index (κ1) is 18.2. The number of nitrogens with zero attached hydrogens (tertiary/aromatic N) is 2. The molecule has 1 amide bonds. The van der Waals surface area contributed by atoms with Crippen molar-refractivity contribution in [1.82, 2.24) is 9.55 Å². The van der Waals surface area contributed by atoms with Crippen LogP contribution < -0.4 is 16.7 Å². The van der Waals surface area contributed by atoms with Crippen LogP contribution in [0.4, 0.5) is 5.82 Å². The number of aromatic nitrogens is 2. The monoisotopic (exact) mass is 358 g/mol. The fourth-order valence-corrected chi connectivity index (χ4v) is 2.95. The number of ether oxygens (including phenoxy) is 1. The van der Waals surface area contributed by atoms with Crippen LogP contribution in [-0.4, -0.2) is 39.3 Å². The summed E-state index contributed by atoms with van der Waals surface area (Å²) in [6.07, 6.45) is 0.596. The maximum atomic E-state index is 12.4. The molecule has 8 heteroatoms. The first-order valence-electron chi connectivity index (χ1n) is 8.55. The van der Waals surface area contributed by atoms with Crippen LogP contribution in [0, 0.1) is 0 Å². The molecule has 1 aromatic carbocycles. The molecular weight excluding hydrogens is 336 g/mol. The molecule has 3 rings (SSSR count). The third kappa shape index (κ3) is 3.67. The predicted octanol–water partition coefficient (Wildman–Crippen LogP) is 0.665. The van der Waals surface area contributed by atoms with Crippen LogP contribution >= 0.6 is 0 Å². The Hall–Kier alpha value is -2.55. The number of aliphatic hydroxyl groups excluding tert-OH is 1. The van der Waals surface area contributed by atoms with Gasteiger partial charge in [0.05, 0.1) is 12.2 Å². The third-order valence-corrected chi connectivity index (χ3v) is 4.42. The minimum atomic E-state index is -0.723. The normalized spacial score (nSPS) is 22.3.